The number of sulfonamides is 1. The van der Waals surface area contributed by atoms with Crippen molar-refractivity contribution in [2.75, 3.05) is 24.5 Å². The van der Waals surface area contributed by atoms with Crippen molar-refractivity contribution in [3.8, 4) is 5.75 Å². The third kappa shape index (κ3) is 4.79. The standard InChI is InChI=1S/C22H23F3N2O5S/c1-14-13-26(10-11-27(14)16-4-6-17(7-5-16)32-22(23,24)25)33(30,31)18-8-2-15-3-9-19(21(28)29)20(15)12-18/h2,4-8,12,14,19H,3,9-11,13H2,1H3,(H,28,29)/t14-,19?/m0/s1. The summed E-state index contributed by atoms with van der Waals surface area (Å²) in [6, 6.07) is 9.92. The molecule has 0 spiro atoms. The molecule has 178 valence electrons. The summed E-state index contributed by atoms with van der Waals surface area (Å²) in [5, 5.41) is 9.42. The van der Waals surface area contributed by atoms with Crippen LogP contribution in [0.1, 0.15) is 30.4 Å². The van der Waals surface area contributed by atoms with E-state index in [0.29, 0.717) is 30.6 Å². The summed E-state index contributed by atoms with van der Waals surface area (Å²) in [4.78, 5) is 13.5. The topological polar surface area (TPSA) is 87.2 Å². The second-order valence-corrected chi connectivity index (χ2v) is 10.2. The van der Waals surface area contributed by atoms with E-state index >= 15 is 0 Å². The van der Waals surface area contributed by atoms with Gasteiger partial charge >= 0.3 is 12.3 Å². The van der Waals surface area contributed by atoms with Gasteiger partial charge in [-0.15, -0.1) is 13.2 Å². The van der Waals surface area contributed by atoms with Crippen LogP contribution in [-0.4, -0.2) is 55.8 Å². The summed E-state index contributed by atoms with van der Waals surface area (Å²) in [5.41, 5.74) is 2.07. The van der Waals surface area contributed by atoms with Gasteiger partial charge in [-0.3, -0.25) is 4.79 Å². The van der Waals surface area contributed by atoms with E-state index in [1.54, 1.807) is 6.07 Å². The van der Waals surface area contributed by atoms with Gasteiger partial charge in [-0.2, -0.15) is 4.31 Å². The van der Waals surface area contributed by atoms with Gasteiger partial charge < -0.3 is 14.7 Å². The highest BCUT2D eigenvalue weighted by Gasteiger charge is 2.35. The molecule has 2 aromatic rings. The summed E-state index contributed by atoms with van der Waals surface area (Å²) < 4.78 is 68.9. The van der Waals surface area contributed by atoms with Gasteiger partial charge in [0.25, 0.3) is 0 Å². The number of hydrogen-bond donors (Lipinski definition) is 1. The molecular weight excluding hydrogens is 461 g/mol. The van der Waals surface area contributed by atoms with Crippen LogP contribution >= 0.6 is 0 Å². The van der Waals surface area contributed by atoms with Crippen molar-refractivity contribution in [3.05, 3.63) is 53.6 Å². The molecule has 0 bridgehead atoms. The molecule has 4 rings (SSSR count). The second-order valence-electron chi connectivity index (χ2n) is 8.24. The summed E-state index contributed by atoms with van der Waals surface area (Å²) >= 11 is 0. The molecular formula is C22H23F3N2O5S. The Bertz CT molecular complexity index is 1150. The quantitative estimate of drug-likeness (QED) is 0.698. The Morgan fingerprint density at radius 2 is 1.82 bits per heavy atom. The van der Waals surface area contributed by atoms with Crippen LogP contribution in [0.4, 0.5) is 18.9 Å². The van der Waals surface area contributed by atoms with Crippen LogP contribution in [0.5, 0.6) is 5.75 Å². The van der Waals surface area contributed by atoms with Crippen molar-refractivity contribution >= 4 is 21.7 Å². The first-order valence-corrected chi connectivity index (χ1v) is 11.9. The highest BCUT2D eigenvalue weighted by Crippen LogP contribution is 2.36. The van der Waals surface area contributed by atoms with Gasteiger partial charge in [0.15, 0.2) is 0 Å². The number of fused-ring (bicyclic) bond motifs is 1. The minimum atomic E-state index is -4.77. The van der Waals surface area contributed by atoms with E-state index in [1.807, 2.05) is 11.8 Å². The number of aliphatic carboxylic acids is 1. The van der Waals surface area contributed by atoms with Crippen LogP contribution in [0.25, 0.3) is 0 Å². The first-order chi connectivity index (χ1) is 15.5. The molecule has 1 aliphatic carbocycles. The highest BCUT2D eigenvalue weighted by atomic mass is 32.2. The number of hydrogen-bond acceptors (Lipinski definition) is 5. The first-order valence-electron chi connectivity index (χ1n) is 10.4. The zero-order valence-corrected chi connectivity index (χ0v) is 18.6. The second kappa shape index (κ2) is 8.53. The highest BCUT2D eigenvalue weighted by molar-refractivity contribution is 7.89. The third-order valence-electron chi connectivity index (χ3n) is 6.12. The van der Waals surface area contributed by atoms with Crippen LogP contribution in [0.15, 0.2) is 47.4 Å². The number of aryl methyl sites for hydroxylation is 1. The number of alkyl halides is 3. The van der Waals surface area contributed by atoms with Gasteiger partial charge in [0.2, 0.25) is 10.0 Å². The summed E-state index contributed by atoms with van der Waals surface area (Å²) in [7, 11) is -3.83. The Hall–Kier alpha value is -2.79. The number of benzene rings is 2. The van der Waals surface area contributed by atoms with E-state index < -0.39 is 28.3 Å². The molecule has 0 aromatic heterocycles. The molecule has 33 heavy (non-hydrogen) atoms. The molecule has 1 aliphatic heterocycles. The minimum absolute atomic E-state index is 0.0729. The molecule has 1 N–H and O–H groups in total. The van der Waals surface area contributed by atoms with Crippen LogP contribution in [0.2, 0.25) is 0 Å². The normalized spacial score (nSPS) is 21.6. The van der Waals surface area contributed by atoms with Crippen LogP contribution in [-0.2, 0) is 21.2 Å². The monoisotopic (exact) mass is 484 g/mol. The lowest BCUT2D eigenvalue weighted by Gasteiger charge is -2.40. The SMILES string of the molecule is C[C@H]1CN(S(=O)(=O)c2ccc3c(c2)C(C(=O)O)CC3)CCN1c1ccc(OC(F)(F)F)cc1. The fraction of sp³-hybridized carbons (Fsp3) is 0.409. The van der Waals surface area contributed by atoms with Gasteiger partial charge in [-0.25, -0.2) is 8.42 Å². The van der Waals surface area contributed by atoms with Gasteiger partial charge in [-0.1, -0.05) is 6.07 Å². The molecule has 0 amide bonds. The molecule has 1 saturated heterocycles. The number of carboxylic acid groups (broad SMARTS) is 1. The number of carbonyl (C=O) groups is 1. The Kier molecular flexibility index (Phi) is 6.04. The maximum atomic E-state index is 13.3. The third-order valence-corrected chi connectivity index (χ3v) is 7.98. The number of ether oxygens (including phenoxy) is 1. The molecule has 0 saturated carbocycles. The fourth-order valence-electron chi connectivity index (χ4n) is 4.51. The molecule has 1 heterocycles. The van der Waals surface area contributed by atoms with E-state index in [2.05, 4.69) is 4.74 Å². The zero-order valence-electron chi connectivity index (χ0n) is 17.7. The number of halogens is 3. The number of nitrogens with zero attached hydrogens (tertiary/aromatic N) is 2. The first kappa shape index (κ1) is 23.4. The predicted octanol–water partition coefficient (Wildman–Crippen LogP) is 3.60. The van der Waals surface area contributed by atoms with Gasteiger partial charge in [0.05, 0.1) is 10.8 Å². The smallest absolute Gasteiger partial charge is 0.481 e. The molecule has 1 fully saturated rings. The van der Waals surface area contributed by atoms with E-state index in [0.717, 1.165) is 5.56 Å². The minimum Gasteiger partial charge on any atom is -0.481 e. The molecule has 2 aliphatic rings. The largest absolute Gasteiger partial charge is 0.573 e. The maximum absolute atomic E-state index is 13.3. The lowest BCUT2D eigenvalue weighted by molar-refractivity contribution is -0.274. The Morgan fingerprint density at radius 3 is 2.42 bits per heavy atom. The number of carboxylic acids is 1. The lowest BCUT2D eigenvalue weighted by Crippen LogP contribution is -2.53. The fourth-order valence-corrected chi connectivity index (χ4v) is 6.06. The van der Waals surface area contributed by atoms with Crippen molar-refractivity contribution in [1.29, 1.82) is 0 Å². The Labute approximate surface area is 189 Å². The number of piperazine rings is 1. The number of rotatable bonds is 5. The van der Waals surface area contributed by atoms with Gasteiger partial charge in [0.1, 0.15) is 5.75 Å². The van der Waals surface area contributed by atoms with Crippen LogP contribution < -0.4 is 9.64 Å². The summed E-state index contributed by atoms with van der Waals surface area (Å²) in [6.07, 6.45) is -3.71. The van der Waals surface area contributed by atoms with Crippen LogP contribution in [0.3, 0.4) is 0 Å². The van der Waals surface area contributed by atoms with Crippen molar-refractivity contribution in [1.82, 2.24) is 4.31 Å². The van der Waals surface area contributed by atoms with Gasteiger partial charge in [0, 0.05) is 31.4 Å². The maximum Gasteiger partial charge on any atom is 0.573 e. The molecule has 2 aromatic carbocycles. The van der Waals surface area contributed by atoms with Crippen LogP contribution in [0, 0.1) is 0 Å². The van der Waals surface area contributed by atoms with Crippen molar-refractivity contribution in [2.45, 2.75) is 43.0 Å². The average molecular weight is 484 g/mol. The molecule has 7 nitrogen and oxygen atoms in total. The molecule has 11 heteroatoms. The zero-order chi connectivity index (χ0) is 24.0. The van der Waals surface area contributed by atoms with E-state index in [1.165, 1.54) is 40.7 Å². The van der Waals surface area contributed by atoms with E-state index in [4.69, 9.17) is 0 Å². The molecule has 2 atom stereocenters. The van der Waals surface area contributed by atoms with E-state index in [-0.39, 0.29) is 29.8 Å². The summed E-state index contributed by atoms with van der Waals surface area (Å²) in [5.74, 6) is -1.98. The number of anilines is 1. The average Bonchev–Trinajstić information content (AvgIpc) is 3.17. The Morgan fingerprint density at radius 1 is 1.12 bits per heavy atom. The van der Waals surface area contributed by atoms with Gasteiger partial charge in [-0.05, 0) is 67.3 Å². The summed E-state index contributed by atoms with van der Waals surface area (Å²) in [6.45, 7) is 2.56. The predicted molar refractivity (Wildman–Crippen MR) is 114 cm³/mol. The Balaban J connectivity index is 1.49. The van der Waals surface area contributed by atoms with E-state index in [9.17, 15) is 31.5 Å². The molecule has 0 radical (unpaired) electrons. The van der Waals surface area contributed by atoms with Crippen molar-refractivity contribution in [2.24, 2.45) is 0 Å². The molecule has 1 unspecified atom stereocenters. The van der Waals surface area contributed by atoms with Crippen molar-refractivity contribution in [3.63, 3.8) is 0 Å². The van der Waals surface area contributed by atoms with Crippen molar-refractivity contribution < 1.29 is 36.2 Å². The lowest BCUT2D eigenvalue weighted by atomic mass is 10.0.